The minimum atomic E-state index is 0.186. The molecule has 1 aliphatic rings. The molecule has 2 rings (SSSR count). The van der Waals surface area contributed by atoms with Crippen LogP contribution in [0.5, 0.6) is 5.75 Å². The van der Waals surface area contributed by atoms with E-state index >= 15 is 0 Å². The van der Waals surface area contributed by atoms with Gasteiger partial charge in [0.05, 0.1) is 6.61 Å². The second-order valence-corrected chi connectivity index (χ2v) is 6.30. The van der Waals surface area contributed by atoms with Crippen LogP contribution >= 0.6 is 0 Å². The second-order valence-electron chi connectivity index (χ2n) is 6.30. The molecule has 2 heteroatoms. The first-order valence-electron chi connectivity index (χ1n) is 7.00. The van der Waals surface area contributed by atoms with Crippen molar-refractivity contribution in [1.29, 1.82) is 0 Å². The summed E-state index contributed by atoms with van der Waals surface area (Å²) in [5.41, 5.74) is 1.52. The normalized spacial score (nSPS) is 20.7. The highest BCUT2D eigenvalue weighted by molar-refractivity contribution is 5.32. The predicted octanol–water partition coefficient (Wildman–Crippen LogP) is 3.36. The standard InChI is InChI=1S/C16H25NO/c1-16(2,3)14-7-4-8-15(10-14)18-12-13-6-5-9-17-11-13/h4,7-8,10,13,17H,5-6,9,11-12H2,1-3H3/t13-/m0/s1. The Hall–Kier alpha value is -1.02. The van der Waals surface area contributed by atoms with E-state index in [2.05, 4.69) is 50.4 Å². The maximum absolute atomic E-state index is 5.94. The largest absolute Gasteiger partial charge is 0.493 e. The van der Waals surface area contributed by atoms with E-state index in [0.717, 1.165) is 25.4 Å². The van der Waals surface area contributed by atoms with Crippen molar-refractivity contribution >= 4 is 0 Å². The van der Waals surface area contributed by atoms with E-state index in [4.69, 9.17) is 4.74 Å². The molecule has 0 aliphatic carbocycles. The number of ether oxygens (including phenoxy) is 1. The van der Waals surface area contributed by atoms with Gasteiger partial charge in [0, 0.05) is 12.5 Å². The van der Waals surface area contributed by atoms with Gasteiger partial charge < -0.3 is 10.1 Å². The lowest BCUT2D eigenvalue weighted by molar-refractivity contribution is 0.218. The molecule has 100 valence electrons. The highest BCUT2D eigenvalue weighted by Gasteiger charge is 2.16. The first kappa shape index (κ1) is 13.4. The molecule has 0 radical (unpaired) electrons. The van der Waals surface area contributed by atoms with Gasteiger partial charge in [-0.05, 0) is 42.5 Å². The van der Waals surface area contributed by atoms with Crippen LogP contribution in [0, 0.1) is 5.92 Å². The minimum absolute atomic E-state index is 0.186. The van der Waals surface area contributed by atoms with E-state index < -0.39 is 0 Å². The molecule has 1 fully saturated rings. The summed E-state index contributed by atoms with van der Waals surface area (Å²) in [7, 11) is 0. The molecule has 1 atom stereocenters. The van der Waals surface area contributed by atoms with E-state index in [9.17, 15) is 0 Å². The van der Waals surface area contributed by atoms with Gasteiger partial charge in [-0.3, -0.25) is 0 Å². The molecule has 18 heavy (non-hydrogen) atoms. The summed E-state index contributed by atoms with van der Waals surface area (Å²) in [5, 5.41) is 3.43. The van der Waals surface area contributed by atoms with Crippen molar-refractivity contribution in [3.63, 3.8) is 0 Å². The molecule has 1 aromatic rings. The molecular weight excluding hydrogens is 222 g/mol. The summed E-state index contributed by atoms with van der Waals surface area (Å²) in [5.74, 6) is 1.67. The lowest BCUT2D eigenvalue weighted by Crippen LogP contribution is -2.33. The Kier molecular flexibility index (Phi) is 4.28. The van der Waals surface area contributed by atoms with E-state index in [0.29, 0.717) is 5.92 Å². The van der Waals surface area contributed by atoms with E-state index in [1.807, 2.05) is 0 Å². The fourth-order valence-corrected chi connectivity index (χ4v) is 2.33. The van der Waals surface area contributed by atoms with E-state index in [1.54, 1.807) is 0 Å². The van der Waals surface area contributed by atoms with Crippen LogP contribution in [0.15, 0.2) is 24.3 Å². The number of hydrogen-bond donors (Lipinski definition) is 1. The van der Waals surface area contributed by atoms with Crippen molar-refractivity contribution < 1.29 is 4.74 Å². The van der Waals surface area contributed by atoms with Gasteiger partial charge in [-0.15, -0.1) is 0 Å². The Morgan fingerprint density at radius 3 is 2.83 bits per heavy atom. The zero-order valence-electron chi connectivity index (χ0n) is 11.8. The number of rotatable bonds is 3. The van der Waals surface area contributed by atoms with Gasteiger partial charge in [0.25, 0.3) is 0 Å². The minimum Gasteiger partial charge on any atom is -0.493 e. The average molecular weight is 247 g/mol. The fourth-order valence-electron chi connectivity index (χ4n) is 2.33. The Morgan fingerprint density at radius 1 is 1.33 bits per heavy atom. The highest BCUT2D eigenvalue weighted by Crippen LogP contribution is 2.26. The smallest absolute Gasteiger partial charge is 0.119 e. The summed E-state index contributed by atoms with van der Waals surface area (Å²) in [6.07, 6.45) is 2.56. The van der Waals surface area contributed by atoms with Crippen LogP contribution in [0.2, 0.25) is 0 Å². The Morgan fingerprint density at radius 2 is 2.17 bits per heavy atom. The number of hydrogen-bond acceptors (Lipinski definition) is 2. The summed E-state index contributed by atoms with van der Waals surface area (Å²) >= 11 is 0. The van der Waals surface area contributed by atoms with Crippen molar-refractivity contribution in [2.24, 2.45) is 5.92 Å². The molecule has 1 aliphatic heterocycles. The molecule has 0 aromatic heterocycles. The third-order valence-electron chi connectivity index (χ3n) is 3.58. The van der Waals surface area contributed by atoms with E-state index in [-0.39, 0.29) is 5.41 Å². The van der Waals surface area contributed by atoms with Crippen LogP contribution in [-0.2, 0) is 5.41 Å². The van der Waals surface area contributed by atoms with E-state index in [1.165, 1.54) is 18.4 Å². The van der Waals surface area contributed by atoms with Gasteiger partial charge in [0.1, 0.15) is 5.75 Å². The van der Waals surface area contributed by atoms with Crippen molar-refractivity contribution in [3.8, 4) is 5.75 Å². The number of nitrogens with one attached hydrogen (secondary N) is 1. The monoisotopic (exact) mass is 247 g/mol. The summed E-state index contributed by atoms with van der Waals surface area (Å²) < 4.78 is 5.94. The van der Waals surface area contributed by atoms with Crippen molar-refractivity contribution in [2.75, 3.05) is 19.7 Å². The van der Waals surface area contributed by atoms with Crippen LogP contribution in [-0.4, -0.2) is 19.7 Å². The van der Waals surface area contributed by atoms with Gasteiger partial charge in [0.2, 0.25) is 0 Å². The third-order valence-corrected chi connectivity index (χ3v) is 3.58. The lowest BCUT2D eigenvalue weighted by Gasteiger charge is -2.24. The molecule has 0 bridgehead atoms. The molecule has 1 aromatic carbocycles. The lowest BCUT2D eigenvalue weighted by atomic mass is 9.87. The molecule has 2 nitrogen and oxygen atoms in total. The average Bonchev–Trinajstić information content (AvgIpc) is 2.37. The first-order valence-corrected chi connectivity index (χ1v) is 7.00. The molecule has 1 N–H and O–H groups in total. The fraction of sp³-hybridized carbons (Fsp3) is 0.625. The quantitative estimate of drug-likeness (QED) is 0.884. The Labute approximate surface area is 111 Å². The summed E-state index contributed by atoms with van der Waals surface area (Å²) in [4.78, 5) is 0. The summed E-state index contributed by atoms with van der Waals surface area (Å²) in [6, 6.07) is 8.51. The van der Waals surface area contributed by atoms with Gasteiger partial charge >= 0.3 is 0 Å². The van der Waals surface area contributed by atoms with Gasteiger partial charge in [0.15, 0.2) is 0 Å². The van der Waals surface area contributed by atoms with Crippen molar-refractivity contribution in [3.05, 3.63) is 29.8 Å². The molecule has 0 spiro atoms. The van der Waals surface area contributed by atoms with Crippen LogP contribution in [0.3, 0.4) is 0 Å². The predicted molar refractivity (Wildman–Crippen MR) is 76.2 cm³/mol. The molecule has 0 amide bonds. The summed E-state index contributed by atoms with van der Waals surface area (Å²) in [6.45, 7) is 9.79. The molecular formula is C16H25NO. The van der Waals surface area contributed by atoms with Gasteiger partial charge in [-0.2, -0.15) is 0 Å². The highest BCUT2D eigenvalue weighted by atomic mass is 16.5. The molecule has 1 saturated heterocycles. The molecule has 0 saturated carbocycles. The van der Waals surface area contributed by atoms with Crippen LogP contribution in [0.1, 0.15) is 39.2 Å². The SMILES string of the molecule is CC(C)(C)c1cccc(OC[C@H]2CCCNC2)c1. The van der Waals surface area contributed by atoms with Crippen molar-refractivity contribution in [1.82, 2.24) is 5.32 Å². The van der Waals surface area contributed by atoms with Crippen molar-refractivity contribution in [2.45, 2.75) is 39.0 Å². The first-order chi connectivity index (χ1) is 8.55. The van der Waals surface area contributed by atoms with Gasteiger partial charge in [-0.1, -0.05) is 32.9 Å². The van der Waals surface area contributed by atoms with Crippen LogP contribution in [0.4, 0.5) is 0 Å². The Balaban J connectivity index is 1.92. The Bertz CT molecular complexity index is 375. The topological polar surface area (TPSA) is 21.3 Å². The molecule has 0 unspecified atom stereocenters. The van der Waals surface area contributed by atoms with Crippen LogP contribution < -0.4 is 10.1 Å². The van der Waals surface area contributed by atoms with Gasteiger partial charge in [-0.25, -0.2) is 0 Å². The maximum Gasteiger partial charge on any atom is 0.119 e. The molecule has 1 heterocycles. The zero-order valence-corrected chi connectivity index (χ0v) is 11.8. The number of piperidine rings is 1. The zero-order chi connectivity index (χ0) is 13.0. The maximum atomic E-state index is 5.94. The number of benzene rings is 1. The van der Waals surface area contributed by atoms with Crippen LogP contribution in [0.25, 0.3) is 0 Å². The third kappa shape index (κ3) is 3.74. The second kappa shape index (κ2) is 5.75.